The highest BCUT2D eigenvalue weighted by Crippen LogP contribution is 2.61. The van der Waals surface area contributed by atoms with Crippen LogP contribution in [0.1, 0.15) is 69.3 Å². The van der Waals surface area contributed by atoms with Crippen molar-refractivity contribution in [3.8, 4) is 16.9 Å². The van der Waals surface area contributed by atoms with Crippen molar-refractivity contribution in [2.24, 2.45) is 29.1 Å². The molecule has 0 spiro atoms. The van der Waals surface area contributed by atoms with Crippen LogP contribution < -0.4 is 25.6 Å². The van der Waals surface area contributed by atoms with Gasteiger partial charge in [-0.3, -0.25) is 24.5 Å². The van der Waals surface area contributed by atoms with Crippen molar-refractivity contribution in [3.63, 3.8) is 0 Å². The van der Waals surface area contributed by atoms with Gasteiger partial charge in [0.25, 0.3) is 5.91 Å². The number of carboxylic acids is 1. The SMILES string of the molecule is CNC(=O)c1cc(-c2cccc(CN3O[C@@H](CNC(O)CCC(=O)O)[C@@H]([C@H](C)O)[C@H]3C(=O)N[C@H]3C[C@H]4C[C@@H]([C@@H]3C)C4(C)C)c2OC)cc(N(C)C)c1. The van der Waals surface area contributed by atoms with Gasteiger partial charge in [0.05, 0.1) is 25.9 Å². The standard InChI is InChI=1S/C39H57N5O8/c1-21-29-17-26(39(29,3)4)18-30(21)42-38(50)35-34(22(2)45)31(19-41-32(46)12-13-33(47)48)52-44(35)20-23-10-9-11-28(36(23)51-8)24-14-25(37(49)40-5)16-27(15-24)43(6)7/h9-11,14-16,21-22,26,29-32,34-35,41,45-46H,12-13,17-20H2,1-8H3,(H,40,49)(H,42,50)(H,47,48)/t21-,22-,26+,29-,30-,31-,32?,34+,35-/m0/s1. The molecular weight excluding hydrogens is 666 g/mol. The molecule has 4 aliphatic rings. The van der Waals surface area contributed by atoms with E-state index in [2.05, 4.69) is 36.7 Å². The Morgan fingerprint density at radius 3 is 2.46 bits per heavy atom. The zero-order valence-corrected chi connectivity index (χ0v) is 31.7. The van der Waals surface area contributed by atoms with Gasteiger partial charge >= 0.3 is 5.97 Å². The Hall–Kier alpha value is -3.75. The number of methoxy groups -OCH3 is 1. The summed E-state index contributed by atoms with van der Waals surface area (Å²) in [6.45, 7) is 8.68. The van der Waals surface area contributed by atoms with E-state index in [4.69, 9.17) is 14.7 Å². The summed E-state index contributed by atoms with van der Waals surface area (Å²) in [5.41, 5.74) is 3.82. The third kappa shape index (κ3) is 8.08. The zero-order chi connectivity index (χ0) is 38.1. The van der Waals surface area contributed by atoms with Crippen LogP contribution in [-0.4, -0.2) is 103 Å². The molecule has 1 aliphatic heterocycles. The van der Waals surface area contributed by atoms with Gasteiger partial charge in [0, 0.05) is 68.4 Å². The number of amides is 2. The number of hydroxylamine groups is 2. The highest BCUT2D eigenvalue weighted by molar-refractivity contribution is 5.97. The van der Waals surface area contributed by atoms with Gasteiger partial charge < -0.3 is 35.6 Å². The fourth-order valence-corrected chi connectivity index (χ4v) is 8.76. The molecule has 52 heavy (non-hydrogen) atoms. The summed E-state index contributed by atoms with van der Waals surface area (Å²) in [5, 5.41) is 41.3. The largest absolute Gasteiger partial charge is 0.496 e. The van der Waals surface area contributed by atoms with Gasteiger partial charge in [-0.1, -0.05) is 39.0 Å². The average molecular weight is 724 g/mol. The van der Waals surface area contributed by atoms with Crippen molar-refractivity contribution in [1.82, 2.24) is 21.0 Å². The first-order valence-electron chi connectivity index (χ1n) is 18.3. The van der Waals surface area contributed by atoms with Crippen LogP contribution in [0.5, 0.6) is 5.75 Å². The Bertz CT molecular complexity index is 1610. The molecule has 2 amide bonds. The molecule has 2 aromatic carbocycles. The summed E-state index contributed by atoms with van der Waals surface area (Å²) < 4.78 is 6.02. The van der Waals surface area contributed by atoms with E-state index in [0.29, 0.717) is 29.1 Å². The summed E-state index contributed by atoms with van der Waals surface area (Å²) in [5.74, 6) is -0.253. The van der Waals surface area contributed by atoms with E-state index in [0.717, 1.165) is 28.8 Å². The van der Waals surface area contributed by atoms with Crippen LogP contribution in [0, 0.1) is 29.1 Å². The predicted molar refractivity (Wildman–Crippen MR) is 197 cm³/mol. The van der Waals surface area contributed by atoms with Gasteiger partial charge in [0.15, 0.2) is 0 Å². The second-order valence-corrected chi connectivity index (χ2v) is 15.6. The molecule has 13 nitrogen and oxygen atoms in total. The fraction of sp³-hybridized carbons (Fsp3) is 0.615. The molecule has 3 aliphatic carbocycles. The number of carbonyl (C=O) groups is 3. The van der Waals surface area contributed by atoms with E-state index in [-0.39, 0.29) is 49.2 Å². The van der Waals surface area contributed by atoms with Crippen LogP contribution in [0.3, 0.4) is 0 Å². The van der Waals surface area contributed by atoms with Crippen molar-refractivity contribution in [2.45, 2.75) is 90.4 Å². The zero-order valence-electron chi connectivity index (χ0n) is 31.7. The van der Waals surface area contributed by atoms with Crippen molar-refractivity contribution in [3.05, 3.63) is 47.5 Å². The molecular formula is C39H57N5O8. The number of hydrogen-bond donors (Lipinski definition) is 6. The van der Waals surface area contributed by atoms with Crippen LogP contribution in [0.15, 0.2) is 36.4 Å². The maximum Gasteiger partial charge on any atom is 0.303 e. The van der Waals surface area contributed by atoms with Gasteiger partial charge in [-0.2, -0.15) is 5.06 Å². The first-order chi connectivity index (χ1) is 24.6. The van der Waals surface area contributed by atoms with Gasteiger partial charge in [0.1, 0.15) is 18.0 Å². The third-order valence-corrected chi connectivity index (χ3v) is 11.9. The summed E-state index contributed by atoms with van der Waals surface area (Å²) in [6, 6.07) is 10.4. The number of nitrogens with one attached hydrogen (secondary N) is 3. The summed E-state index contributed by atoms with van der Waals surface area (Å²) in [6.07, 6.45) is -0.933. The van der Waals surface area contributed by atoms with Crippen LogP contribution in [0.25, 0.3) is 11.1 Å². The smallest absolute Gasteiger partial charge is 0.303 e. The molecule has 0 aromatic heterocycles. The number of anilines is 1. The van der Waals surface area contributed by atoms with E-state index in [9.17, 15) is 24.6 Å². The second-order valence-electron chi connectivity index (χ2n) is 15.6. The maximum atomic E-state index is 14.4. The summed E-state index contributed by atoms with van der Waals surface area (Å²) in [4.78, 5) is 46.7. The van der Waals surface area contributed by atoms with Gasteiger partial charge in [-0.05, 0) is 73.1 Å². The lowest BCUT2D eigenvalue weighted by Crippen LogP contribution is -2.62. The molecule has 3 saturated carbocycles. The average Bonchev–Trinajstić information content (AvgIpc) is 3.47. The number of carbonyl (C=O) groups excluding carboxylic acids is 2. The Labute approximate surface area is 307 Å². The Morgan fingerprint density at radius 1 is 1.13 bits per heavy atom. The molecule has 6 N–H and O–H groups in total. The third-order valence-electron chi connectivity index (χ3n) is 11.9. The lowest BCUT2D eigenvalue weighted by molar-refractivity contribution is -0.177. The molecule has 1 unspecified atom stereocenters. The van der Waals surface area contributed by atoms with E-state index < -0.39 is 36.4 Å². The lowest BCUT2D eigenvalue weighted by Gasteiger charge is -2.62. The number of benzene rings is 2. The number of aliphatic carboxylic acids is 1. The molecule has 13 heteroatoms. The topological polar surface area (TPSA) is 173 Å². The Kier molecular flexibility index (Phi) is 12.2. The normalized spacial score (nSPS) is 27.6. The van der Waals surface area contributed by atoms with Crippen LogP contribution in [0.2, 0.25) is 0 Å². The van der Waals surface area contributed by atoms with Crippen LogP contribution in [0.4, 0.5) is 5.69 Å². The Morgan fingerprint density at radius 2 is 1.87 bits per heavy atom. The molecule has 2 bridgehead atoms. The molecule has 9 atom stereocenters. The fourth-order valence-electron chi connectivity index (χ4n) is 8.76. The van der Waals surface area contributed by atoms with Gasteiger partial charge in [0.2, 0.25) is 5.91 Å². The second kappa shape index (κ2) is 16.1. The van der Waals surface area contributed by atoms with Crippen molar-refractivity contribution < 1.29 is 39.3 Å². The number of aliphatic hydroxyl groups excluding tert-OH is 2. The van der Waals surface area contributed by atoms with E-state index >= 15 is 0 Å². The number of rotatable bonds is 15. The van der Waals surface area contributed by atoms with Crippen molar-refractivity contribution in [1.29, 1.82) is 0 Å². The minimum Gasteiger partial charge on any atom is -0.496 e. The van der Waals surface area contributed by atoms with Crippen molar-refractivity contribution in [2.75, 3.05) is 39.7 Å². The van der Waals surface area contributed by atoms with Crippen LogP contribution >= 0.6 is 0 Å². The predicted octanol–water partition coefficient (Wildman–Crippen LogP) is 3.23. The molecule has 286 valence electrons. The van der Waals surface area contributed by atoms with Gasteiger partial charge in [-0.25, -0.2) is 0 Å². The van der Waals surface area contributed by atoms with Crippen molar-refractivity contribution >= 4 is 23.5 Å². The highest BCUT2D eigenvalue weighted by Gasteiger charge is 2.57. The monoisotopic (exact) mass is 723 g/mol. The number of ether oxygens (including phenoxy) is 1. The van der Waals surface area contributed by atoms with E-state index in [1.54, 1.807) is 26.1 Å². The van der Waals surface area contributed by atoms with E-state index in [1.165, 1.54) is 6.42 Å². The first-order valence-corrected chi connectivity index (χ1v) is 18.3. The number of fused-ring (bicyclic) bond motifs is 2. The molecule has 1 saturated heterocycles. The minimum atomic E-state index is -1.11. The molecule has 4 fully saturated rings. The molecule has 1 heterocycles. The molecule has 0 radical (unpaired) electrons. The number of hydrogen-bond acceptors (Lipinski definition) is 10. The minimum absolute atomic E-state index is 0.00603. The number of nitrogens with zero attached hydrogens (tertiary/aromatic N) is 2. The molecule has 6 rings (SSSR count). The molecule has 2 aromatic rings. The number of para-hydroxylation sites is 1. The maximum absolute atomic E-state index is 14.4. The Balaban J connectivity index is 1.47. The number of aliphatic hydroxyl groups is 2. The highest BCUT2D eigenvalue weighted by atomic mass is 16.7. The van der Waals surface area contributed by atoms with Gasteiger partial charge in [-0.15, -0.1) is 0 Å². The van der Waals surface area contributed by atoms with Crippen LogP contribution in [-0.2, 0) is 21.0 Å². The quantitative estimate of drug-likeness (QED) is 0.149. The van der Waals surface area contributed by atoms with E-state index in [1.807, 2.05) is 55.4 Å². The summed E-state index contributed by atoms with van der Waals surface area (Å²) >= 11 is 0. The summed E-state index contributed by atoms with van der Waals surface area (Å²) in [7, 11) is 6.98. The first kappa shape index (κ1) is 39.5. The number of carboxylic acid groups (broad SMARTS) is 1. The lowest BCUT2D eigenvalue weighted by atomic mass is 9.45.